The lowest BCUT2D eigenvalue weighted by Gasteiger charge is -2.22. The monoisotopic (exact) mass is 402 g/mol. The van der Waals surface area contributed by atoms with E-state index in [2.05, 4.69) is 12.2 Å². The summed E-state index contributed by atoms with van der Waals surface area (Å²) in [6.07, 6.45) is 4.59. The Kier molecular flexibility index (Phi) is 9.65. The second-order valence-electron chi connectivity index (χ2n) is 6.05. The van der Waals surface area contributed by atoms with Crippen LogP contribution in [0.3, 0.4) is 0 Å². The van der Waals surface area contributed by atoms with Gasteiger partial charge in [0.1, 0.15) is 0 Å². The van der Waals surface area contributed by atoms with E-state index >= 15 is 0 Å². The van der Waals surface area contributed by atoms with Crippen molar-refractivity contribution in [3.05, 3.63) is 29.3 Å². The summed E-state index contributed by atoms with van der Waals surface area (Å²) < 4.78 is 26.3. The maximum atomic E-state index is 12.8. The molecule has 1 rings (SSSR count). The van der Waals surface area contributed by atoms with E-state index in [9.17, 15) is 18.0 Å². The molecule has 8 heteroatoms. The van der Waals surface area contributed by atoms with E-state index in [0.717, 1.165) is 19.3 Å². The molecule has 0 aromatic heterocycles. The number of carbonyl (C=O) groups is 2. The molecule has 0 saturated carbocycles. The van der Waals surface area contributed by atoms with Crippen LogP contribution in [0.15, 0.2) is 29.2 Å². The molecule has 1 aromatic carbocycles. The highest BCUT2D eigenvalue weighted by atomic mass is 35.5. The number of benzene rings is 1. The van der Waals surface area contributed by atoms with Gasteiger partial charge in [0.2, 0.25) is 0 Å². The first-order valence-corrected chi connectivity index (χ1v) is 10.7. The molecule has 146 valence electrons. The van der Waals surface area contributed by atoms with Crippen molar-refractivity contribution in [2.75, 3.05) is 13.1 Å². The normalized spacial score (nSPS) is 11.2. The number of carbonyl (C=O) groups excluding carboxylic acids is 2. The standard InChI is InChI=1S/C18H27ClN2O4S/c1-3-5-6-7-8-16(22)14-21(18(23)20-13-4-2)26(24,25)17-11-9-15(19)10-12-17/h9-12H,3-8,13-14H2,1-2H3,(H,20,23). The number of amides is 2. The zero-order valence-electron chi connectivity index (χ0n) is 15.3. The van der Waals surface area contributed by atoms with Crippen molar-refractivity contribution in [2.24, 2.45) is 0 Å². The van der Waals surface area contributed by atoms with E-state index < -0.39 is 22.6 Å². The van der Waals surface area contributed by atoms with Gasteiger partial charge in [0.25, 0.3) is 10.0 Å². The topological polar surface area (TPSA) is 83.6 Å². The molecule has 6 nitrogen and oxygen atoms in total. The maximum Gasteiger partial charge on any atom is 0.331 e. The fraction of sp³-hybridized carbons (Fsp3) is 0.556. The Hall–Kier alpha value is -1.60. The number of ketones is 1. The van der Waals surface area contributed by atoms with E-state index in [1.165, 1.54) is 24.3 Å². The van der Waals surface area contributed by atoms with E-state index in [1.807, 2.05) is 6.92 Å². The van der Waals surface area contributed by atoms with Crippen LogP contribution in [0.1, 0.15) is 52.4 Å². The second-order valence-corrected chi connectivity index (χ2v) is 8.35. The van der Waals surface area contributed by atoms with Crippen molar-refractivity contribution in [1.29, 1.82) is 0 Å². The number of hydrogen-bond acceptors (Lipinski definition) is 4. The van der Waals surface area contributed by atoms with E-state index in [4.69, 9.17) is 11.6 Å². The zero-order valence-corrected chi connectivity index (χ0v) is 16.9. The molecule has 0 unspecified atom stereocenters. The Labute approximate surface area is 161 Å². The molecule has 0 aliphatic heterocycles. The van der Waals surface area contributed by atoms with E-state index in [1.54, 1.807) is 0 Å². The molecular weight excluding hydrogens is 376 g/mol. The molecule has 0 atom stereocenters. The Morgan fingerprint density at radius 3 is 2.27 bits per heavy atom. The SMILES string of the molecule is CCCCCCC(=O)CN(C(=O)NCCC)S(=O)(=O)c1ccc(Cl)cc1. The number of urea groups is 1. The minimum absolute atomic E-state index is 0.0765. The number of nitrogens with zero attached hydrogens (tertiary/aromatic N) is 1. The summed E-state index contributed by atoms with van der Waals surface area (Å²) in [4.78, 5) is 24.5. The van der Waals surface area contributed by atoms with Gasteiger partial charge in [-0.05, 0) is 37.1 Å². The van der Waals surface area contributed by atoms with Gasteiger partial charge in [-0.2, -0.15) is 0 Å². The summed E-state index contributed by atoms with van der Waals surface area (Å²) >= 11 is 5.80. The molecule has 1 aromatic rings. The maximum absolute atomic E-state index is 12.8. The van der Waals surface area contributed by atoms with Crippen molar-refractivity contribution in [2.45, 2.75) is 57.3 Å². The third-order valence-electron chi connectivity index (χ3n) is 3.78. The molecule has 0 bridgehead atoms. The molecule has 26 heavy (non-hydrogen) atoms. The molecular formula is C18H27ClN2O4S. The van der Waals surface area contributed by atoms with Gasteiger partial charge in [-0.3, -0.25) is 4.79 Å². The Bertz CT molecular complexity index is 690. The number of sulfonamides is 1. The molecule has 1 N–H and O–H groups in total. The minimum atomic E-state index is -4.14. The van der Waals surface area contributed by atoms with Crippen LogP contribution in [-0.2, 0) is 14.8 Å². The van der Waals surface area contributed by atoms with Crippen LogP contribution in [0.4, 0.5) is 4.79 Å². The van der Waals surface area contributed by atoms with Crippen LogP contribution >= 0.6 is 11.6 Å². The van der Waals surface area contributed by atoms with E-state index in [0.29, 0.717) is 28.7 Å². The van der Waals surface area contributed by atoms with Gasteiger partial charge in [-0.25, -0.2) is 17.5 Å². The lowest BCUT2D eigenvalue weighted by Crippen LogP contribution is -2.46. The quantitative estimate of drug-likeness (QED) is 0.567. The molecule has 2 amide bonds. The average molecular weight is 403 g/mol. The number of rotatable bonds is 11. The number of hydrogen-bond donors (Lipinski definition) is 1. The summed E-state index contributed by atoms with van der Waals surface area (Å²) in [7, 11) is -4.14. The van der Waals surface area contributed by atoms with Crippen molar-refractivity contribution in [3.63, 3.8) is 0 Å². The van der Waals surface area contributed by atoms with Gasteiger partial charge in [0.15, 0.2) is 5.78 Å². The van der Waals surface area contributed by atoms with Gasteiger partial charge >= 0.3 is 6.03 Å². The Morgan fingerprint density at radius 2 is 1.69 bits per heavy atom. The van der Waals surface area contributed by atoms with Gasteiger partial charge in [-0.1, -0.05) is 44.7 Å². The van der Waals surface area contributed by atoms with Crippen LogP contribution in [0.5, 0.6) is 0 Å². The summed E-state index contributed by atoms with van der Waals surface area (Å²) in [5.74, 6) is -0.273. The first kappa shape index (κ1) is 22.4. The average Bonchev–Trinajstić information content (AvgIpc) is 2.61. The molecule has 0 saturated heterocycles. The smallest absolute Gasteiger partial charge is 0.331 e. The number of Topliss-reactive ketones (excluding diaryl/α,β-unsaturated/α-hetero) is 1. The predicted octanol–water partition coefficient (Wildman–Crippen LogP) is 3.99. The highest BCUT2D eigenvalue weighted by Crippen LogP contribution is 2.19. The molecule has 0 fully saturated rings. The summed E-state index contributed by atoms with van der Waals surface area (Å²) in [6, 6.07) is 4.72. The van der Waals surface area contributed by atoms with Crippen LogP contribution in [0, 0.1) is 0 Å². The molecule has 0 spiro atoms. The Morgan fingerprint density at radius 1 is 1.04 bits per heavy atom. The fourth-order valence-electron chi connectivity index (χ4n) is 2.31. The van der Waals surface area contributed by atoms with Crippen molar-refractivity contribution >= 4 is 33.4 Å². The largest absolute Gasteiger partial charge is 0.337 e. The summed E-state index contributed by atoms with van der Waals surface area (Å²) in [5.41, 5.74) is 0. The van der Waals surface area contributed by atoms with Crippen LogP contribution in [-0.4, -0.2) is 37.6 Å². The van der Waals surface area contributed by atoms with Crippen molar-refractivity contribution < 1.29 is 18.0 Å². The highest BCUT2D eigenvalue weighted by Gasteiger charge is 2.30. The van der Waals surface area contributed by atoms with Gasteiger partial charge in [0.05, 0.1) is 11.4 Å². The lowest BCUT2D eigenvalue weighted by molar-refractivity contribution is -0.119. The van der Waals surface area contributed by atoms with Crippen LogP contribution in [0.2, 0.25) is 5.02 Å². The Balaban J connectivity index is 2.95. The van der Waals surface area contributed by atoms with Gasteiger partial charge in [-0.15, -0.1) is 0 Å². The number of unbranched alkanes of at least 4 members (excludes halogenated alkanes) is 3. The van der Waals surface area contributed by atoms with Crippen LogP contribution in [0.25, 0.3) is 0 Å². The van der Waals surface area contributed by atoms with E-state index in [-0.39, 0.29) is 17.1 Å². The van der Waals surface area contributed by atoms with Crippen LogP contribution < -0.4 is 5.32 Å². The van der Waals surface area contributed by atoms with Gasteiger partial charge in [0, 0.05) is 18.0 Å². The van der Waals surface area contributed by atoms with Crippen molar-refractivity contribution in [1.82, 2.24) is 9.62 Å². The summed E-state index contributed by atoms with van der Waals surface area (Å²) in [6.45, 7) is 3.79. The van der Waals surface area contributed by atoms with Crippen molar-refractivity contribution in [3.8, 4) is 0 Å². The first-order chi connectivity index (χ1) is 12.3. The zero-order chi connectivity index (χ0) is 19.6. The minimum Gasteiger partial charge on any atom is -0.337 e. The highest BCUT2D eigenvalue weighted by molar-refractivity contribution is 7.89. The van der Waals surface area contributed by atoms with Gasteiger partial charge < -0.3 is 5.32 Å². The lowest BCUT2D eigenvalue weighted by atomic mass is 10.1. The molecule has 0 heterocycles. The molecule has 0 aliphatic carbocycles. The summed E-state index contributed by atoms with van der Waals surface area (Å²) in [5, 5.41) is 2.92. The number of nitrogens with one attached hydrogen (secondary N) is 1. The predicted molar refractivity (Wildman–Crippen MR) is 103 cm³/mol. The third-order valence-corrected chi connectivity index (χ3v) is 5.78. The first-order valence-electron chi connectivity index (χ1n) is 8.90. The number of halogens is 1. The second kappa shape index (κ2) is 11.2. The molecule has 0 radical (unpaired) electrons. The molecule has 0 aliphatic rings. The fourth-order valence-corrected chi connectivity index (χ4v) is 3.77. The third kappa shape index (κ3) is 6.96.